The van der Waals surface area contributed by atoms with Crippen LogP contribution in [-0.2, 0) is 0 Å². The highest BCUT2D eigenvalue weighted by Crippen LogP contribution is 2.35. The van der Waals surface area contributed by atoms with E-state index in [1.165, 1.54) is 24.7 Å². The lowest BCUT2D eigenvalue weighted by molar-refractivity contribution is -0.387. The zero-order valence-electron chi connectivity index (χ0n) is 18.7. The van der Waals surface area contributed by atoms with Gasteiger partial charge in [-0.2, -0.15) is 8.78 Å². The molecule has 10 nitrogen and oxygen atoms in total. The lowest BCUT2D eigenvalue weighted by atomic mass is 10.2. The molecule has 39 heavy (non-hydrogen) atoms. The standard InChI is InChI=1S/C11H5BrF2N2O3.C6H2F3NO2.C5H4BrNO/c12-6-3-7(5-15-4-6)19-11-9(16(17)18)2-1-8(13)10(11)14;7-3-1-2-4(10(11)12)6(9)5(3)8;6-4-1-5(8)3-7-2-4/h1-5H;1-2H;1-3,8H. The molecule has 2 aromatic heterocycles. The summed E-state index contributed by atoms with van der Waals surface area (Å²) in [4.78, 5) is 26.2. The highest BCUT2D eigenvalue weighted by Gasteiger charge is 2.24. The third-order valence-electron chi connectivity index (χ3n) is 4.03. The van der Waals surface area contributed by atoms with Crippen LogP contribution in [0.3, 0.4) is 0 Å². The number of benzene rings is 2. The fourth-order valence-electron chi connectivity index (χ4n) is 2.39. The SMILES string of the molecule is O=[N+]([O-])c1ccc(F)c(F)c1F.O=[N+]([O-])c1ccc(F)c(F)c1Oc1cncc(Br)c1.Oc1cncc(Br)c1. The van der Waals surface area contributed by atoms with E-state index >= 15 is 0 Å². The first-order valence-electron chi connectivity index (χ1n) is 9.80. The second-order valence-electron chi connectivity index (χ2n) is 6.72. The number of nitrogens with zero attached hydrogens (tertiary/aromatic N) is 4. The Kier molecular flexibility index (Phi) is 11.2. The van der Waals surface area contributed by atoms with Gasteiger partial charge >= 0.3 is 11.4 Å². The van der Waals surface area contributed by atoms with Gasteiger partial charge in [0.25, 0.3) is 0 Å². The molecule has 0 aliphatic carbocycles. The summed E-state index contributed by atoms with van der Waals surface area (Å²) in [5.41, 5.74) is -1.74. The van der Waals surface area contributed by atoms with E-state index in [1.54, 1.807) is 12.3 Å². The fraction of sp³-hybridized carbons (Fsp3) is 0. The summed E-state index contributed by atoms with van der Waals surface area (Å²) < 4.78 is 69.9. The molecule has 2 heterocycles. The average Bonchev–Trinajstić information content (AvgIpc) is 2.86. The number of nitro benzene ring substituents is 2. The maximum Gasteiger partial charge on any atom is 0.314 e. The Morgan fingerprint density at radius 3 is 1.72 bits per heavy atom. The fourth-order valence-corrected chi connectivity index (χ4v) is 3.08. The predicted octanol–water partition coefficient (Wildman–Crippen LogP) is 7.38. The van der Waals surface area contributed by atoms with Crippen molar-refractivity contribution in [2.24, 2.45) is 0 Å². The number of aromatic hydroxyl groups is 1. The van der Waals surface area contributed by atoms with E-state index in [2.05, 4.69) is 41.8 Å². The van der Waals surface area contributed by atoms with E-state index in [0.29, 0.717) is 22.7 Å². The summed E-state index contributed by atoms with van der Waals surface area (Å²) in [6.07, 6.45) is 5.66. The number of ether oxygens (including phenoxy) is 1. The molecule has 0 atom stereocenters. The smallest absolute Gasteiger partial charge is 0.314 e. The van der Waals surface area contributed by atoms with Gasteiger partial charge in [0.15, 0.2) is 11.6 Å². The van der Waals surface area contributed by atoms with Crippen LogP contribution in [0.15, 0.2) is 70.1 Å². The number of aromatic nitrogens is 2. The van der Waals surface area contributed by atoms with E-state index in [0.717, 1.165) is 10.5 Å². The van der Waals surface area contributed by atoms with E-state index in [-0.39, 0.29) is 11.5 Å². The molecule has 0 fully saturated rings. The molecule has 4 aromatic rings. The largest absolute Gasteiger partial charge is 0.506 e. The van der Waals surface area contributed by atoms with Crippen LogP contribution in [0.4, 0.5) is 33.3 Å². The first kappa shape index (κ1) is 31.0. The molecule has 0 spiro atoms. The van der Waals surface area contributed by atoms with E-state index in [1.807, 2.05) is 0 Å². The maximum atomic E-state index is 13.6. The molecule has 0 saturated carbocycles. The predicted molar refractivity (Wildman–Crippen MR) is 132 cm³/mol. The number of pyridine rings is 2. The monoisotopic (exact) mass is 680 g/mol. The van der Waals surface area contributed by atoms with Gasteiger partial charge in [0.05, 0.1) is 22.2 Å². The minimum Gasteiger partial charge on any atom is -0.506 e. The van der Waals surface area contributed by atoms with Crippen molar-refractivity contribution in [1.82, 2.24) is 9.97 Å². The highest BCUT2D eigenvalue weighted by atomic mass is 79.9. The van der Waals surface area contributed by atoms with E-state index in [9.17, 15) is 42.2 Å². The summed E-state index contributed by atoms with van der Waals surface area (Å²) in [5.74, 6) is -8.27. The van der Waals surface area contributed by atoms with Crippen LogP contribution in [0.5, 0.6) is 17.2 Å². The lowest BCUT2D eigenvalue weighted by Gasteiger charge is -2.07. The molecule has 0 unspecified atom stereocenters. The van der Waals surface area contributed by atoms with Crippen LogP contribution in [0, 0.1) is 49.3 Å². The molecule has 1 N–H and O–H groups in total. The van der Waals surface area contributed by atoms with Crippen LogP contribution in [-0.4, -0.2) is 24.9 Å². The summed E-state index contributed by atoms with van der Waals surface area (Å²) in [7, 11) is 0. The van der Waals surface area contributed by atoms with Gasteiger partial charge in [-0.25, -0.2) is 13.2 Å². The number of hydrogen-bond donors (Lipinski definition) is 1. The first-order chi connectivity index (χ1) is 18.3. The van der Waals surface area contributed by atoms with Crippen LogP contribution in [0.2, 0.25) is 0 Å². The van der Waals surface area contributed by atoms with Crippen molar-refractivity contribution in [3.8, 4) is 17.2 Å². The average molecular weight is 682 g/mol. The molecular formula is C22H11Br2F5N4O6. The Balaban J connectivity index is 0.000000227. The van der Waals surface area contributed by atoms with Crippen LogP contribution < -0.4 is 4.74 Å². The van der Waals surface area contributed by atoms with Gasteiger partial charge in [0, 0.05) is 33.5 Å². The quantitative estimate of drug-likeness (QED) is 0.102. The molecule has 17 heteroatoms. The molecule has 0 aliphatic rings. The van der Waals surface area contributed by atoms with Gasteiger partial charge in [-0.1, -0.05) is 0 Å². The zero-order chi connectivity index (χ0) is 29.3. The Bertz CT molecular complexity index is 1500. The Morgan fingerprint density at radius 2 is 1.23 bits per heavy atom. The lowest BCUT2D eigenvalue weighted by Crippen LogP contribution is -1.98. The van der Waals surface area contributed by atoms with Gasteiger partial charge < -0.3 is 9.84 Å². The van der Waals surface area contributed by atoms with Crippen LogP contribution in [0.1, 0.15) is 0 Å². The number of halogens is 7. The third-order valence-corrected chi connectivity index (χ3v) is 4.89. The second-order valence-corrected chi connectivity index (χ2v) is 8.55. The minimum absolute atomic E-state index is 0.0435. The van der Waals surface area contributed by atoms with Crippen LogP contribution in [0.25, 0.3) is 0 Å². The molecule has 4 rings (SSSR count). The first-order valence-corrected chi connectivity index (χ1v) is 11.4. The van der Waals surface area contributed by atoms with Crippen molar-refractivity contribution in [3.05, 3.63) is 119 Å². The van der Waals surface area contributed by atoms with Gasteiger partial charge in [-0.05, 0) is 56.1 Å². The minimum atomic E-state index is -1.83. The Morgan fingerprint density at radius 1 is 0.718 bits per heavy atom. The second kappa shape index (κ2) is 14.1. The third kappa shape index (κ3) is 8.92. The molecule has 0 saturated heterocycles. The summed E-state index contributed by atoms with van der Waals surface area (Å²) in [6, 6.07) is 5.55. The van der Waals surface area contributed by atoms with Gasteiger partial charge in [0.2, 0.25) is 23.2 Å². The molecule has 0 aliphatic heterocycles. The summed E-state index contributed by atoms with van der Waals surface area (Å²) in [6.45, 7) is 0. The van der Waals surface area contributed by atoms with E-state index < -0.39 is 56.1 Å². The Hall–Kier alpha value is -4.25. The molecular weight excluding hydrogens is 671 g/mol. The van der Waals surface area contributed by atoms with E-state index in [4.69, 9.17) is 9.84 Å². The molecule has 204 valence electrons. The highest BCUT2D eigenvalue weighted by molar-refractivity contribution is 9.10. The maximum absolute atomic E-state index is 13.6. The van der Waals surface area contributed by atoms with Crippen molar-refractivity contribution in [3.63, 3.8) is 0 Å². The number of rotatable bonds is 4. The van der Waals surface area contributed by atoms with Crippen molar-refractivity contribution >= 4 is 43.2 Å². The van der Waals surface area contributed by atoms with Gasteiger partial charge in [0.1, 0.15) is 11.5 Å². The molecule has 2 aromatic carbocycles. The topological polar surface area (TPSA) is 142 Å². The molecule has 0 bridgehead atoms. The molecule has 0 radical (unpaired) electrons. The molecule has 0 amide bonds. The van der Waals surface area contributed by atoms with Gasteiger partial charge in [-0.3, -0.25) is 30.2 Å². The van der Waals surface area contributed by atoms with Crippen molar-refractivity contribution in [2.45, 2.75) is 0 Å². The summed E-state index contributed by atoms with van der Waals surface area (Å²) in [5, 5.41) is 29.4. The normalized spacial score (nSPS) is 9.92. The van der Waals surface area contributed by atoms with Crippen molar-refractivity contribution in [1.29, 1.82) is 0 Å². The Labute approximate surface area is 231 Å². The van der Waals surface area contributed by atoms with Crippen molar-refractivity contribution in [2.75, 3.05) is 0 Å². The van der Waals surface area contributed by atoms with Crippen molar-refractivity contribution < 1.29 is 41.6 Å². The number of hydrogen-bond acceptors (Lipinski definition) is 8. The van der Waals surface area contributed by atoms with Gasteiger partial charge in [-0.15, -0.1) is 0 Å². The zero-order valence-corrected chi connectivity index (χ0v) is 21.9. The summed E-state index contributed by atoms with van der Waals surface area (Å²) >= 11 is 6.25. The van der Waals surface area contributed by atoms with Crippen LogP contribution >= 0.6 is 31.9 Å². The number of nitro groups is 2.